The number of hydrogen-bond donors (Lipinski definition) is 0. The van der Waals surface area contributed by atoms with Gasteiger partial charge in [-0.3, -0.25) is 0 Å². The normalized spacial score (nSPS) is 35.4. The predicted molar refractivity (Wildman–Crippen MR) is 63.9 cm³/mol. The highest BCUT2D eigenvalue weighted by atomic mass is 14.4. The molecule has 1 saturated heterocycles. The van der Waals surface area contributed by atoms with Crippen molar-refractivity contribution in [3.8, 4) is 0 Å². The summed E-state index contributed by atoms with van der Waals surface area (Å²) in [7, 11) is 2.55. The summed E-state index contributed by atoms with van der Waals surface area (Å²) >= 11 is 0. The van der Waals surface area contributed by atoms with Gasteiger partial charge in [0.15, 0.2) is 0 Å². The molecule has 0 nitrogen and oxygen atoms in total. The second-order valence-electron chi connectivity index (χ2n) is 5.19. The van der Waals surface area contributed by atoms with Gasteiger partial charge in [0.05, 0.1) is 0 Å². The Labute approximate surface area is 89.4 Å². The number of rotatable bonds is 5. The summed E-state index contributed by atoms with van der Waals surface area (Å²) in [5, 5.41) is 0.768. The van der Waals surface area contributed by atoms with Crippen LogP contribution in [0.5, 0.6) is 0 Å². The summed E-state index contributed by atoms with van der Waals surface area (Å²) in [6.07, 6.45) is 16.0. The maximum Gasteiger partial charge on any atom is 0.116 e. The van der Waals surface area contributed by atoms with Crippen molar-refractivity contribution >= 4 is 7.28 Å². The van der Waals surface area contributed by atoms with Crippen LogP contribution >= 0.6 is 0 Å². The molecular weight excluding hydrogens is 167 g/mol. The Morgan fingerprint density at radius 1 is 1.43 bits per heavy atom. The van der Waals surface area contributed by atoms with E-state index in [4.69, 9.17) is 0 Å². The molecule has 1 saturated carbocycles. The van der Waals surface area contributed by atoms with Gasteiger partial charge in [0.25, 0.3) is 0 Å². The van der Waals surface area contributed by atoms with Gasteiger partial charge in [0, 0.05) is 0 Å². The van der Waals surface area contributed by atoms with Crippen LogP contribution in [-0.4, -0.2) is 7.28 Å². The molecule has 2 unspecified atom stereocenters. The van der Waals surface area contributed by atoms with E-state index in [0.29, 0.717) is 0 Å². The van der Waals surface area contributed by atoms with Gasteiger partial charge in [0.1, 0.15) is 7.28 Å². The van der Waals surface area contributed by atoms with Gasteiger partial charge >= 0.3 is 0 Å². The second kappa shape index (κ2) is 4.55. The zero-order chi connectivity index (χ0) is 9.86. The van der Waals surface area contributed by atoms with Crippen LogP contribution < -0.4 is 0 Å². The minimum atomic E-state index is 0.768. The van der Waals surface area contributed by atoms with E-state index in [9.17, 15) is 0 Å². The zero-order valence-corrected chi connectivity index (χ0v) is 9.47. The molecule has 0 aromatic carbocycles. The van der Waals surface area contributed by atoms with Gasteiger partial charge in [-0.25, -0.2) is 0 Å². The van der Waals surface area contributed by atoms with Crippen LogP contribution in [-0.2, 0) is 0 Å². The highest BCUT2D eigenvalue weighted by Gasteiger charge is 2.48. The quantitative estimate of drug-likeness (QED) is 0.345. The van der Waals surface area contributed by atoms with Crippen LogP contribution in [0.2, 0.25) is 11.6 Å². The number of allylic oxidation sites excluding steroid dienone is 2. The van der Waals surface area contributed by atoms with E-state index < -0.39 is 0 Å². The van der Waals surface area contributed by atoms with Crippen molar-refractivity contribution in [1.29, 1.82) is 0 Å². The van der Waals surface area contributed by atoms with Crippen molar-refractivity contribution in [3.05, 3.63) is 12.2 Å². The average molecular weight is 189 g/mol. The fourth-order valence-corrected chi connectivity index (χ4v) is 2.84. The molecule has 0 aromatic rings. The van der Waals surface area contributed by atoms with Crippen molar-refractivity contribution in [2.75, 3.05) is 0 Å². The first-order chi connectivity index (χ1) is 6.85. The fourth-order valence-electron chi connectivity index (χ4n) is 2.84. The zero-order valence-electron chi connectivity index (χ0n) is 9.47. The molecular formula is C13H22B. The first-order valence-corrected chi connectivity index (χ1v) is 6.34. The molecule has 2 atom stereocenters. The minimum absolute atomic E-state index is 0.768. The molecule has 14 heavy (non-hydrogen) atoms. The Morgan fingerprint density at radius 3 is 2.93 bits per heavy atom. The summed E-state index contributed by atoms with van der Waals surface area (Å²) in [4.78, 5) is 0. The Morgan fingerprint density at radius 2 is 2.29 bits per heavy atom. The lowest BCUT2D eigenvalue weighted by molar-refractivity contribution is 0.479. The molecule has 0 bridgehead atoms. The smallest absolute Gasteiger partial charge is 0.0888 e. The highest BCUT2D eigenvalue weighted by molar-refractivity contribution is 6.54. The molecule has 0 N–H and O–H groups in total. The molecule has 77 valence electrons. The van der Waals surface area contributed by atoms with Gasteiger partial charge in [-0.05, 0) is 25.2 Å². The van der Waals surface area contributed by atoms with E-state index in [1.807, 2.05) is 0 Å². The lowest BCUT2D eigenvalue weighted by atomic mass is 9.85. The first kappa shape index (κ1) is 10.3. The molecule has 1 aliphatic heterocycles. The topological polar surface area (TPSA) is 0 Å². The summed E-state index contributed by atoms with van der Waals surface area (Å²) in [5.74, 6) is 1.06. The second-order valence-corrected chi connectivity index (χ2v) is 5.19. The van der Waals surface area contributed by atoms with E-state index in [1.54, 1.807) is 0 Å². The maximum absolute atomic E-state index is 2.55. The lowest BCUT2D eigenvalue weighted by Crippen LogP contribution is -1.93. The van der Waals surface area contributed by atoms with Crippen LogP contribution in [0.25, 0.3) is 0 Å². The van der Waals surface area contributed by atoms with Crippen LogP contribution in [0.4, 0.5) is 0 Å². The lowest BCUT2D eigenvalue weighted by Gasteiger charge is -2.08. The van der Waals surface area contributed by atoms with E-state index in [-0.39, 0.29) is 0 Å². The molecule has 1 aliphatic carbocycles. The molecule has 2 rings (SSSR count). The molecule has 1 radical (unpaired) electrons. The van der Waals surface area contributed by atoms with E-state index in [1.165, 1.54) is 51.3 Å². The summed E-state index contributed by atoms with van der Waals surface area (Å²) in [5.41, 5.74) is 0. The van der Waals surface area contributed by atoms with Crippen LogP contribution in [0, 0.1) is 5.92 Å². The third-order valence-electron chi connectivity index (χ3n) is 3.91. The summed E-state index contributed by atoms with van der Waals surface area (Å²) in [6.45, 7) is 2.21. The molecule has 2 fully saturated rings. The number of hydrogen-bond acceptors (Lipinski definition) is 0. The van der Waals surface area contributed by atoms with Gasteiger partial charge in [-0.15, -0.1) is 0 Å². The third-order valence-corrected chi connectivity index (χ3v) is 3.91. The minimum Gasteiger partial charge on any atom is -0.0888 e. The monoisotopic (exact) mass is 189 g/mol. The Hall–Kier alpha value is -0.195. The van der Waals surface area contributed by atoms with Crippen molar-refractivity contribution in [1.82, 2.24) is 0 Å². The van der Waals surface area contributed by atoms with Gasteiger partial charge in [-0.2, -0.15) is 0 Å². The Kier molecular flexibility index (Phi) is 3.36. The molecule has 1 heteroatoms. The maximum atomic E-state index is 2.55. The largest absolute Gasteiger partial charge is 0.116 e. The Bertz CT molecular complexity index is 203. The van der Waals surface area contributed by atoms with Crippen molar-refractivity contribution in [3.63, 3.8) is 0 Å². The molecule has 0 aromatic heterocycles. The summed E-state index contributed by atoms with van der Waals surface area (Å²) in [6, 6.07) is 0. The van der Waals surface area contributed by atoms with Crippen LogP contribution in [0.15, 0.2) is 12.2 Å². The van der Waals surface area contributed by atoms with E-state index >= 15 is 0 Å². The fraction of sp³-hybridized carbons (Fsp3) is 0.846. The van der Waals surface area contributed by atoms with Crippen molar-refractivity contribution < 1.29 is 0 Å². The van der Waals surface area contributed by atoms with E-state index in [0.717, 1.165) is 11.2 Å². The summed E-state index contributed by atoms with van der Waals surface area (Å²) < 4.78 is 0. The van der Waals surface area contributed by atoms with Crippen molar-refractivity contribution in [2.24, 2.45) is 5.92 Å². The molecule has 1 spiro atoms. The number of unbranched alkanes of at least 4 members (excludes halogenated alkanes) is 1. The predicted octanol–water partition coefficient (Wildman–Crippen LogP) is 4.22. The molecule has 2 aliphatic rings. The molecule has 0 amide bonds. The average Bonchev–Trinajstić information content (AvgIpc) is 2.80. The van der Waals surface area contributed by atoms with Gasteiger partial charge < -0.3 is 0 Å². The standard InChI is InChI=1S/C13H22B/c1-2-3-4-5-6-7-12-8-9-13(10-12)11-14-13/h3-4,12H,2,5-11H2,1H3/b4-3-. The SMILES string of the molecule is CC/C=C\CCCC1CCC2([B]C2)C1. The van der Waals surface area contributed by atoms with Crippen LogP contribution in [0.3, 0.4) is 0 Å². The molecule has 1 heterocycles. The van der Waals surface area contributed by atoms with Gasteiger partial charge in [0.2, 0.25) is 0 Å². The van der Waals surface area contributed by atoms with Crippen molar-refractivity contribution in [2.45, 2.75) is 63.5 Å². The van der Waals surface area contributed by atoms with E-state index in [2.05, 4.69) is 26.4 Å². The third kappa shape index (κ3) is 2.65. The highest BCUT2D eigenvalue weighted by Crippen LogP contribution is 2.61. The first-order valence-electron chi connectivity index (χ1n) is 6.34. The Balaban J connectivity index is 1.56. The van der Waals surface area contributed by atoms with Gasteiger partial charge in [-0.1, -0.05) is 56.4 Å². The van der Waals surface area contributed by atoms with Crippen LogP contribution in [0.1, 0.15) is 51.9 Å².